The van der Waals surface area contributed by atoms with Crippen molar-refractivity contribution < 1.29 is 22.3 Å². The van der Waals surface area contributed by atoms with Crippen molar-refractivity contribution in [2.45, 2.75) is 6.92 Å². The number of ether oxygens (including phenoxy) is 1. The van der Waals surface area contributed by atoms with Crippen LogP contribution in [-0.2, 0) is 0 Å². The van der Waals surface area contributed by atoms with Gasteiger partial charge in [0.1, 0.15) is 17.4 Å². The molecule has 0 radical (unpaired) electrons. The van der Waals surface area contributed by atoms with Crippen molar-refractivity contribution >= 4 is 12.2 Å². The summed E-state index contributed by atoms with van der Waals surface area (Å²) in [5, 5.41) is 0. The summed E-state index contributed by atoms with van der Waals surface area (Å²) in [4.78, 5) is 0. The lowest BCUT2D eigenvalue weighted by atomic mass is 10.1. The first-order valence-electron chi connectivity index (χ1n) is 6.26. The minimum Gasteiger partial charge on any atom is -0.494 e. The van der Waals surface area contributed by atoms with E-state index in [9.17, 15) is 17.6 Å². The predicted octanol–water partition coefficient (Wildman–Crippen LogP) is 4.81. The molecule has 0 aromatic heterocycles. The van der Waals surface area contributed by atoms with Gasteiger partial charge in [0.05, 0.1) is 6.61 Å². The lowest BCUT2D eigenvalue weighted by Crippen LogP contribution is -1.96. The normalized spacial score (nSPS) is 11.1. The summed E-state index contributed by atoms with van der Waals surface area (Å²) in [6.45, 7) is 2.00. The highest BCUT2D eigenvalue weighted by atomic mass is 19.2. The quantitative estimate of drug-likeness (QED) is 0.581. The zero-order valence-corrected chi connectivity index (χ0v) is 11.2. The number of hydrogen-bond donors (Lipinski definition) is 0. The molecule has 0 unspecified atom stereocenters. The summed E-state index contributed by atoms with van der Waals surface area (Å²) in [5.74, 6) is -3.50. The maximum absolute atomic E-state index is 13.8. The van der Waals surface area contributed by atoms with Crippen LogP contribution in [0, 0.1) is 23.3 Å². The third-order valence-corrected chi connectivity index (χ3v) is 2.75. The van der Waals surface area contributed by atoms with Crippen LogP contribution in [0.5, 0.6) is 5.75 Å². The Morgan fingerprint density at radius 1 is 0.857 bits per heavy atom. The van der Waals surface area contributed by atoms with Gasteiger partial charge in [-0.25, -0.2) is 17.6 Å². The molecule has 2 aromatic carbocycles. The van der Waals surface area contributed by atoms with E-state index < -0.39 is 23.3 Å². The molecule has 2 rings (SSSR count). The fourth-order valence-electron chi connectivity index (χ4n) is 1.77. The molecule has 0 saturated heterocycles. The Kier molecular flexibility index (Phi) is 4.62. The molecule has 0 N–H and O–H groups in total. The summed E-state index contributed by atoms with van der Waals surface area (Å²) >= 11 is 0. The van der Waals surface area contributed by atoms with Gasteiger partial charge < -0.3 is 4.74 Å². The van der Waals surface area contributed by atoms with E-state index in [-0.39, 0.29) is 11.3 Å². The third kappa shape index (κ3) is 3.62. The van der Waals surface area contributed by atoms with Gasteiger partial charge in [-0.2, -0.15) is 0 Å². The van der Waals surface area contributed by atoms with Crippen molar-refractivity contribution in [3.05, 3.63) is 64.7 Å². The fourth-order valence-corrected chi connectivity index (χ4v) is 1.77. The molecule has 0 atom stereocenters. The standard InChI is InChI=1S/C16H12F4O/c1-2-21-11-8-14(18)12(15(19)9-11)5-3-10-4-6-13(17)16(20)7-10/h3-9H,2H2,1H3/b5-3+. The monoisotopic (exact) mass is 296 g/mol. The van der Waals surface area contributed by atoms with Crippen LogP contribution in [0.1, 0.15) is 18.1 Å². The molecule has 5 heteroatoms. The SMILES string of the molecule is CCOc1cc(F)c(/C=C/c2ccc(F)c(F)c2)c(F)c1. The van der Waals surface area contributed by atoms with Crippen LogP contribution in [0.4, 0.5) is 17.6 Å². The van der Waals surface area contributed by atoms with Gasteiger partial charge >= 0.3 is 0 Å². The topological polar surface area (TPSA) is 9.23 Å². The zero-order chi connectivity index (χ0) is 15.4. The van der Waals surface area contributed by atoms with E-state index in [0.29, 0.717) is 12.2 Å². The molecule has 1 nitrogen and oxygen atoms in total. The minimum absolute atomic E-state index is 0.0949. The van der Waals surface area contributed by atoms with E-state index in [1.165, 1.54) is 12.1 Å². The largest absolute Gasteiger partial charge is 0.494 e. The van der Waals surface area contributed by atoms with Crippen molar-refractivity contribution in [2.75, 3.05) is 6.61 Å². The second-order valence-electron chi connectivity index (χ2n) is 4.24. The van der Waals surface area contributed by atoms with Gasteiger partial charge in [-0.3, -0.25) is 0 Å². The molecule has 110 valence electrons. The Hall–Kier alpha value is -2.30. The first-order chi connectivity index (χ1) is 10.0. The molecule has 0 fully saturated rings. The highest BCUT2D eigenvalue weighted by Crippen LogP contribution is 2.23. The summed E-state index contributed by atoms with van der Waals surface area (Å²) in [5.41, 5.74) is 0.0183. The summed E-state index contributed by atoms with van der Waals surface area (Å²) < 4.78 is 58.4. The molecule has 21 heavy (non-hydrogen) atoms. The highest BCUT2D eigenvalue weighted by Gasteiger charge is 2.09. The third-order valence-electron chi connectivity index (χ3n) is 2.75. The number of hydrogen-bond acceptors (Lipinski definition) is 1. The Balaban J connectivity index is 2.30. The molecular weight excluding hydrogens is 284 g/mol. The molecule has 0 heterocycles. The van der Waals surface area contributed by atoms with Crippen molar-refractivity contribution in [1.29, 1.82) is 0 Å². The Bertz CT molecular complexity index is 657. The van der Waals surface area contributed by atoms with Gasteiger partial charge in [0.2, 0.25) is 0 Å². The number of benzene rings is 2. The van der Waals surface area contributed by atoms with Crippen LogP contribution in [-0.4, -0.2) is 6.61 Å². The van der Waals surface area contributed by atoms with Gasteiger partial charge in [-0.1, -0.05) is 12.1 Å². The van der Waals surface area contributed by atoms with Crippen LogP contribution in [0.15, 0.2) is 30.3 Å². The smallest absolute Gasteiger partial charge is 0.159 e. The van der Waals surface area contributed by atoms with E-state index in [0.717, 1.165) is 30.3 Å². The minimum atomic E-state index is -1.02. The molecule has 2 aromatic rings. The van der Waals surface area contributed by atoms with Crippen molar-refractivity contribution in [3.63, 3.8) is 0 Å². The molecule has 0 amide bonds. The lowest BCUT2D eigenvalue weighted by molar-refractivity contribution is 0.335. The maximum Gasteiger partial charge on any atom is 0.159 e. The van der Waals surface area contributed by atoms with Crippen molar-refractivity contribution in [2.24, 2.45) is 0 Å². The van der Waals surface area contributed by atoms with Gasteiger partial charge in [0.15, 0.2) is 11.6 Å². The van der Waals surface area contributed by atoms with E-state index in [1.54, 1.807) is 6.92 Å². The van der Waals surface area contributed by atoms with E-state index in [2.05, 4.69) is 0 Å². The first-order valence-corrected chi connectivity index (χ1v) is 6.26. The summed E-state index contributed by atoms with van der Waals surface area (Å²) in [7, 11) is 0. The first kappa shape index (κ1) is 15.1. The van der Waals surface area contributed by atoms with E-state index in [1.807, 2.05) is 0 Å². The Morgan fingerprint density at radius 2 is 1.52 bits per heavy atom. The van der Waals surface area contributed by atoms with E-state index in [4.69, 9.17) is 4.74 Å². The van der Waals surface area contributed by atoms with E-state index >= 15 is 0 Å². The molecule has 0 aliphatic rings. The summed E-state index contributed by atoms with van der Waals surface area (Å²) in [6, 6.07) is 5.32. The predicted molar refractivity (Wildman–Crippen MR) is 72.8 cm³/mol. The van der Waals surface area contributed by atoms with Crippen LogP contribution < -0.4 is 4.74 Å². The van der Waals surface area contributed by atoms with Crippen LogP contribution in [0.3, 0.4) is 0 Å². The van der Waals surface area contributed by atoms with Gasteiger partial charge in [-0.15, -0.1) is 0 Å². The number of halogens is 4. The second kappa shape index (κ2) is 6.43. The van der Waals surface area contributed by atoms with Crippen LogP contribution in [0.25, 0.3) is 12.2 Å². The molecule has 0 saturated carbocycles. The summed E-state index contributed by atoms with van der Waals surface area (Å²) in [6.07, 6.45) is 2.46. The lowest BCUT2D eigenvalue weighted by Gasteiger charge is -2.06. The second-order valence-corrected chi connectivity index (χ2v) is 4.24. The average Bonchev–Trinajstić information content (AvgIpc) is 2.42. The Morgan fingerprint density at radius 3 is 2.10 bits per heavy atom. The van der Waals surface area contributed by atoms with Gasteiger partial charge in [-0.05, 0) is 30.7 Å². The highest BCUT2D eigenvalue weighted by molar-refractivity contribution is 5.70. The maximum atomic E-state index is 13.8. The number of rotatable bonds is 4. The molecule has 0 bridgehead atoms. The molecular formula is C16H12F4O. The van der Waals surface area contributed by atoms with Crippen molar-refractivity contribution in [1.82, 2.24) is 0 Å². The fraction of sp³-hybridized carbons (Fsp3) is 0.125. The molecule has 0 aliphatic carbocycles. The van der Waals surface area contributed by atoms with Gasteiger partial charge in [0.25, 0.3) is 0 Å². The Labute approximate surface area is 119 Å². The van der Waals surface area contributed by atoms with Gasteiger partial charge in [0, 0.05) is 17.7 Å². The molecule has 0 aliphatic heterocycles. The molecule has 0 spiro atoms. The van der Waals surface area contributed by atoms with Crippen LogP contribution in [0.2, 0.25) is 0 Å². The zero-order valence-electron chi connectivity index (χ0n) is 11.2. The van der Waals surface area contributed by atoms with Crippen molar-refractivity contribution in [3.8, 4) is 5.75 Å². The average molecular weight is 296 g/mol. The van der Waals surface area contributed by atoms with Crippen LogP contribution >= 0.6 is 0 Å².